The minimum atomic E-state index is -0.993. The van der Waals surface area contributed by atoms with E-state index < -0.39 is 18.0 Å². The van der Waals surface area contributed by atoms with Crippen LogP contribution in [0.5, 0.6) is 17.2 Å². The number of amides is 1. The Morgan fingerprint density at radius 3 is 2.04 bits per heavy atom. The second kappa shape index (κ2) is 9.12. The predicted octanol–water partition coefficient (Wildman–Crippen LogP) is 3.51. The Kier molecular flexibility index (Phi) is 6.87. The summed E-state index contributed by atoms with van der Waals surface area (Å²) in [7, 11) is 4.37. The van der Waals surface area contributed by atoms with E-state index in [0.717, 1.165) is 11.1 Å². The Bertz CT molecular complexity index is 852. The van der Waals surface area contributed by atoms with Gasteiger partial charge in [-0.2, -0.15) is 0 Å². The topological polar surface area (TPSA) is 83.1 Å². The molecule has 1 N–H and O–H groups in total. The highest BCUT2D eigenvalue weighted by atomic mass is 16.5. The molecule has 2 aromatic carbocycles. The maximum Gasteiger partial charge on any atom is 0.339 e. The van der Waals surface area contributed by atoms with Crippen LogP contribution in [0.1, 0.15) is 28.4 Å². The van der Waals surface area contributed by atoms with Crippen molar-refractivity contribution in [3.05, 3.63) is 47.0 Å². The van der Waals surface area contributed by atoms with Gasteiger partial charge in [0.2, 0.25) is 5.75 Å². The number of anilines is 1. The van der Waals surface area contributed by atoms with Gasteiger partial charge in [0.25, 0.3) is 5.91 Å². The maximum atomic E-state index is 12.5. The summed E-state index contributed by atoms with van der Waals surface area (Å²) in [5.74, 6) is -0.0974. The molecule has 0 saturated heterocycles. The number of carbonyl (C=O) groups is 2. The lowest BCUT2D eigenvalue weighted by Crippen LogP contribution is -2.30. The van der Waals surface area contributed by atoms with Gasteiger partial charge in [0.1, 0.15) is 0 Å². The summed E-state index contributed by atoms with van der Waals surface area (Å²) in [5, 5.41) is 2.77. The zero-order valence-electron chi connectivity index (χ0n) is 16.9. The van der Waals surface area contributed by atoms with Crippen molar-refractivity contribution in [2.75, 3.05) is 26.6 Å². The van der Waals surface area contributed by atoms with Crippen LogP contribution >= 0.6 is 0 Å². The lowest BCUT2D eigenvalue weighted by atomic mass is 10.1. The zero-order valence-corrected chi connectivity index (χ0v) is 16.9. The van der Waals surface area contributed by atoms with Crippen LogP contribution in [-0.2, 0) is 9.53 Å². The van der Waals surface area contributed by atoms with Crippen molar-refractivity contribution in [2.45, 2.75) is 26.9 Å². The number of methoxy groups -OCH3 is 3. The number of ether oxygens (including phenoxy) is 4. The van der Waals surface area contributed by atoms with E-state index in [0.29, 0.717) is 22.9 Å². The largest absolute Gasteiger partial charge is 0.493 e. The smallest absolute Gasteiger partial charge is 0.339 e. The first-order valence-electron chi connectivity index (χ1n) is 8.69. The molecule has 150 valence electrons. The number of hydrogen-bond acceptors (Lipinski definition) is 6. The molecular weight excluding hydrogens is 362 g/mol. The summed E-state index contributed by atoms with van der Waals surface area (Å²) in [5.41, 5.74) is 2.88. The Hall–Kier alpha value is -3.22. The molecule has 0 fully saturated rings. The molecule has 1 amide bonds. The number of benzene rings is 2. The van der Waals surface area contributed by atoms with Crippen molar-refractivity contribution >= 4 is 17.6 Å². The molecule has 0 aromatic heterocycles. The van der Waals surface area contributed by atoms with Gasteiger partial charge in [-0.15, -0.1) is 0 Å². The van der Waals surface area contributed by atoms with Crippen LogP contribution in [0.4, 0.5) is 5.69 Å². The number of esters is 1. The summed E-state index contributed by atoms with van der Waals surface area (Å²) in [6, 6.07) is 8.62. The Morgan fingerprint density at radius 2 is 1.54 bits per heavy atom. The lowest BCUT2D eigenvalue weighted by molar-refractivity contribution is -0.123. The van der Waals surface area contributed by atoms with Crippen LogP contribution in [0.2, 0.25) is 0 Å². The van der Waals surface area contributed by atoms with E-state index in [1.54, 1.807) is 0 Å². The van der Waals surface area contributed by atoms with Gasteiger partial charge in [0, 0.05) is 5.69 Å². The first kappa shape index (κ1) is 21.1. The van der Waals surface area contributed by atoms with E-state index in [2.05, 4.69) is 5.32 Å². The predicted molar refractivity (Wildman–Crippen MR) is 106 cm³/mol. The normalized spacial score (nSPS) is 11.4. The average Bonchev–Trinajstić information content (AvgIpc) is 2.68. The molecular formula is C21H25NO6. The van der Waals surface area contributed by atoms with E-state index in [1.165, 1.54) is 40.4 Å². The Balaban J connectivity index is 2.14. The third-order valence-corrected chi connectivity index (χ3v) is 4.19. The second-order valence-electron chi connectivity index (χ2n) is 6.27. The van der Waals surface area contributed by atoms with Crippen molar-refractivity contribution in [3.63, 3.8) is 0 Å². The van der Waals surface area contributed by atoms with Gasteiger partial charge in [-0.25, -0.2) is 4.79 Å². The van der Waals surface area contributed by atoms with E-state index in [1.807, 2.05) is 32.0 Å². The summed E-state index contributed by atoms with van der Waals surface area (Å²) >= 11 is 0. The molecule has 2 aromatic rings. The summed E-state index contributed by atoms with van der Waals surface area (Å²) in [4.78, 5) is 24.9. The van der Waals surface area contributed by atoms with Crippen LogP contribution < -0.4 is 19.5 Å². The van der Waals surface area contributed by atoms with Crippen LogP contribution in [0, 0.1) is 13.8 Å². The van der Waals surface area contributed by atoms with Crippen molar-refractivity contribution in [1.29, 1.82) is 0 Å². The first-order valence-corrected chi connectivity index (χ1v) is 8.69. The van der Waals surface area contributed by atoms with Gasteiger partial charge in [-0.1, -0.05) is 17.7 Å². The van der Waals surface area contributed by atoms with Crippen LogP contribution in [0.3, 0.4) is 0 Å². The summed E-state index contributed by atoms with van der Waals surface area (Å²) in [6.07, 6.45) is -0.993. The van der Waals surface area contributed by atoms with Crippen LogP contribution in [-0.4, -0.2) is 39.3 Å². The van der Waals surface area contributed by atoms with E-state index in [9.17, 15) is 9.59 Å². The number of aryl methyl sites for hydroxylation is 2. The number of nitrogens with one attached hydrogen (secondary N) is 1. The van der Waals surface area contributed by atoms with Gasteiger partial charge >= 0.3 is 5.97 Å². The number of rotatable bonds is 7. The monoisotopic (exact) mass is 387 g/mol. The molecule has 7 nitrogen and oxygen atoms in total. The van der Waals surface area contributed by atoms with Gasteiger partial charge in [0.15, 0.2) is 17.6 Å². The van der Waals surface area contributed by atoms with E-state index in [4.69, 9.17) is 18.9 Å². The third-order valence-electron chi connectivity index (χ3n) is 4.19. The highest BCUT2D eigenvalue weighted by Gasteiger charge is 2.22. The van der Waals surface area contributed by atoms with Gasteiger partial charge in [-0.3, -0.25) is 4.79 Å². The van der Waals surface area contributed by atoms with Crippen molar-refractivity contribution in [1.82, 2.24) is 0 Å². The molecule has 7 heteroatoms. The SMILES string of the molecule is COc1cc(C(=O)O[C@@H](C)C(=O)Nc2ccc(C)cc2C)cc(OC)c1OC. The number of hydrogen-bond donors (Lipinski definition) is 1. The summed E-state index contributed by atoms with van der Waals surface area (Å²) in [6.45, 7) is 5.38. The van der Waals surface area contributed by atoms with Crippen LogP contribution in [0.15, 0.2) is 30.3 Å². The Morgan fingerprint density at radius 1 is 0.929 bits per heavy atom. The fraction of sp³-hybridized carbons (Fsp3) is 0.333. The first-order chi connectivity index (χ1) is 13.3. The standard InChI is InChI=1S/C21H25NO6/c1-12-7-8-16(13(2)9-12)22-20(23)14(3)28-21(24)15-10-17(25-4)19(27-6)18(11-15)26-5/h7-11,14H,1-6H3,(H,22,23)/t14-/m0/s1. The number of carbonyl (C=O) groups excluding carboxylic acids is 2. The molecule has 0 bridgehead atoms. The molecule has 28 heavy (non-hydrogen) atoms. The van der Waals surface area contributed by atoms with Gasteiger partial charge in [0.05, 0.1) is 26.9 Å². The highest BCUT2D eigenvalue weighted by molar-refractivity contribution is 5.98. The molecule has 0 spiro atoms. The molecule has 0 saturated carbocycles. The van der Waals surface area contributed by atoms with E-state index in [-0.39, 0.29) is 5.56 Å². The quantitative estimate of drug-likeness (QED) is 0.732. The zero-order chi connectivity index (χ0) is 20.8. The molecule has 0 radical (unpaired) electrons. The van der Waals surface area contributed by atoms with Crippen molar-refractivity contribution in [3.8, 4) is 17.2 Å². The molecule has 0 aliphatic carbocycles. The fourth-order valence-corrected chi connectivity index (χ4v) is 2.67. The molecule has 2 rings (SSSR count). The van der Waals surface area contributed by atoms with Gasteiger partial charge in [-0.05, 0) is 44.5 Å². The second-order valence-corrected chi connectivity index (χ2v) is 6.27. The minimum Gasteiger partial charge on any atom is -0.493 e. The highest BCUT2D eigenvalue weighted by Crippen LogP contribution is 2.38. The summed E-state index contributed by atoms with van der Waals surface area (Å²) < 4.78 is 21.0. The molecule has 1 atom stereocenters. The molecule has 0 unspecified atom stereocenters. The third kappa shape index (κ3) is 4.73. The van der Waals surface area contributed by atoms with Gasteiger partial charge < -0.3 is 24.3 Å². The Labute approximate surface area is 164 Å². The van der Waals surface area contributed by atoms with Crippen molar-refractivity contribution < 1.29 is 28.5 Å². The minimum absolute atomic E-state index is 0.181. The maximum absolute atomic E-state index is 12.5. The lowest BCUT2D eigenvalue weighted by Gasteiger charge is -2.17. The van der Waals surface area contributed by atoms with Crippen LogP contribution in [0.25, 0.3) is 0 Å². The molecule has 0 aliphatic rings. The van der Waals surface area contributed by atoms with E-state index >= 15 is 0 Å². The fourth-order valence-electron chi connectivity index (χ4n) is 2.67. The van der Waals surface area contributed by atoms with Crippen molar-refractivity contribution in [2.24, 2.45) is 0 Å². The molecule has 0 aliphatic heterocycles. The molecule has 0 heterocycles. The average molecular weight is 387 g/mol.